The Hall–Kier alpha value is -1.79. The summed E-state index contributed by atoms with van der Waals surface area (Å²) in [6, 6.07) is 2.72. The van der Waals surface area contributed by atoms with Crippen LogP contribution in [0.4, 0.5) is 5.69 Å². The van der Waals surface area contributed by atoms with Crippen molar-refractivity contribution in [3.05, 3.63) is 27.7 Å². The molecule has 2 rings (SSSR count). The fourth-order valence-corrected chi connectivity index (χ4v) is 2.33. The van der Waals surface area contributed by atoms with Crippen molar-refractivity contribution in [3.8, 4) is 0 Å². The van der Waals surface area contributed by atoms with Gasteiger partial charge in [0, 0.05) is 5.56 Å². The summed E-state index contributed by atoms with van der Waals surface area (Å²) in [5.74, 6) is -1.60. The van der Waals surface area contributed by atoms with E-state index in [1.54, 1.807) is 13.8 Å². The number of piperazine rings is 1. The summed E-state index contributed by atoms with van der Waals surface area (Å²) >= 11 is 11.7. The van der Waals surface area contributed by atoms with E-state index < -0.39 is 23.3 Å². The predicted octanol–water partition coefficient (Wildman–Crippen LogP) is 1.45. The lowest BCUT2D eigenvalue weighted by Crippen LogP contribution is -2.65. The summed E-state index contributed by atoms with van der Waals surface area (Å²) < 4.78 is 0. The molecule has 8 heteroatoms. The molecule has 0 bridgehead atoms. The number of nitrogens with zero attached hydrogens (tertiary/aromatic N) is 1. The monoisotopic (exact) mass is 329 g/mol. The topological polar surface area (TPSA) is 92.5 Å². The first kappa shape index (κ1) is 15.6. The zero-order valence-electron chi connectivity index (χ0n) is 11.4. The van der Waals surface area contributed by atoms with Crippen molar-refractivity contribution in [2.75, 3.05) is 12.3 Å². The molecule has 1 aliphatic rings. The molecule has 1 heterocycles. The van der Waals surface area contributed by atoms with E-state index in [1.165, 1.54) is 17.0 Å². The smallest absolute Gasteiger partial charge is 0.255 e. The maximum absolute atomic E-state index is 12.6. The van der Waals surface area contributed by atoms with Gasteiger partial charge in [0.25, 0.3) is 11.8 Å². The van der Waals surface area contributed by atoms with Crippen LogP contribution in [0.2, 0.25) is 10.0 Å². The van der Waals surface area contributed by atoms with Crippen LogP contribution in [0.5, 0.6) is 0 Å². The minimum absolute atomic E-state index is 0.130. The lowest BCUT2D eigenvalue weighted by atomic mass is 9.97. The largest absolute Gasteiger partial charge is 0.397 e. The van der Waals surface area contributed by atoms with E-state index in [0.717, 1.165) is 0 Å². The Morgan fingerprint density at radius 1 is 1.33 bits per heavy atom. The Morgan fingerprint density at radius 2 is 1.95 bits per heavy atom. The van der Waals surface area contributed by atoms with Crippen molar-refractivity contribution in [1.82, 2.24) is 10.2 Å². The molecule has 1 aromatic carbocycles. The number of benzene rings is 1. The summed E-state index contributed by atoms with van der Waals surface area (Å²) in [6.45, 7) is 2.87. The number of imide groups is 1. The van der Waals surface area contributed by atoms with E-state index in [0.29, 0.717) is 0 Å². The van der Waals surface area contributed by atoms with Gasteiger partial charge in [-0.1, -0.05) is 23.2 Å². The molecule has 3 amide bonds. The number of halogens is 2. The molecule has 0 unspecified atom stereocenters. The molecule has 0 saturated carbocycles. The molecule has 0 spiro atoms. The van der Waals surface area contributed by atoms with Gasteiger partial charge in [-0.25, -0.2) is 0 Å². The maximum Gasteiger partial charge on any atom is 0.255 e. The maximum atomic E-state index is 12.6. The highest BCUT2D eigenvalue weighted by Gasteiger charge is 2.43. The van der Waals surface area contributed by atoms with Gasteiger partial charge >= 0.3 is 0 Å². The van der Waals surface area contributed by atoms with Crippen molar-refractivity contribution in [2.45, 2.75) is 19.4 Å². The average Bonchev–Trinajstić information content (AvgIpc) is 2.39. The number of nitrogen functional groups attached to an aromatic ring is 1. The number of anilines is 1. The molecule has 112 valence electrons. The summed E-state index contributed by atoms with van der Waals surface area (Å²) in [5, 5.41) is 2.48. The van der Waals surface area contributed by atoms with E-state index in [1.807, 2.05) is 0 Å². The number of hydrogen-bond acceptors (Lipinski definition) is 4. The van der Waals surface area contributed by atoms with Crippen LogP contribution in [-0.4, -0.2) is 34.7 Å². The number of hydrogen-bond donors (Lipinski definition) is 2. The summed E-state index contributed by atoms with van der Waals surface area (Å²) in [6.07, 6.45) is 0. The minimum atomic E-state index is -1.16. The lowest BCUT2D eigenvalue weighted by Gasteiger charge is -2.40. The van der Waals surface area contributed by atoms with Crippen molar-refractivity contribution in [2.24, 2.45) is 0 Å². The Morgan fingerprint density at radius 3 is 2.52 bits per heavy atom. The quantitative estimate of drug-likeness (QED) is 0.602. The van der Waals surface area contributed by atoms with Crippen LogP contribution < -0.4 is 11.1 Å². The van der Waals surface area contributed by atoms with E-state index in [9.17, 15) is 14.4 Å². The van der Waals surface area contributed by atoms with Crippen molar-refractivity contribution >= 4 is 46.6 Å². The second-order valence-electron chi connectivity index (χ2n) is 5.19. The first-order valence-corrected chi connectivity index (χ1v) is 6.81. The number of amides is 3. The third-order valence-corrected chi connectivity index (χ3v) is 4.15. The van der Waals surface area contributed by atoms with E-state index in [2.05, 4.69) is 5.32 Å². The number of carbonyl (C=O) groups excluding carboxylic acids is 3. The molecular formula is C13H13Cl2N3O3. The summed E-state index contributed by atoms with van der Waals surface area (Å²) in [5.41, 5.74) is 4.83. The van der Waals surface area contributed by atoms with Gasteiger partial charge in [-0.2, -0.15) is 0 Å². The van der Waals surface area contributed by atoms with Gasteiger partial charge < -0.3 is 10.6 Å². The van der Waals surface area contributed by atoms with Crippen molar-refractivity contribution in [3.63, 3.8) is 0 Å². The lowest BCUT2D eigenvalue weighted by molar-refractivity contribution is -0.143. The molecule has 1 saturated heterocycles. The molecule has 0 radical (unpaired) electrons. The zero-order chi connectivity index (χ0) is 15.9. The number of carbonyl (C=O) groups is 3. The van der Waals surface area contributed by atoms with Crippen LogP contribution in [0.3, 0.4) is 0 Å². The van der Waals surface area contributed by atoms with Gasteiger partial charge in [-0.15, -0.1) is 0 Å². The third-order valence-electron chi connectivity index (χ3n) is 3.33. The number of rotatable bonds is 1. The molecule has 1 fully saturated rings. The van der Waals surface area contributed by atoms with Crippen LogP contribution in [0.1, 0.15) is 24.2 Å². The molecule has 3 N–H and O–H groups in total. The van der Waals surface area contributed by atoms with Crippen LogP contribution in [-0.2, 0) is 9.59 Å². The van der Waals surface area contributed by atoms with Crippen molar-refractivity contribution < 1.29 is 14.4 Å². The van der Waals surface area contributed by atoms with Gasteiger partial charge in [-0.05, 0) is 26.0 Å². The van der Waals surface area contributed by atoms with Gasteiger partial charge in [0.05, 0.1) is 15.7 Å². The van der Waals surface area contributed by atoms with Crippen LogP contribution in [0, 0.1) is 0 Å². The molecule has 6 nitrogen and oxygen atoms in total. The SMILES string of the molecule is CC1(C)C(=O)NC(=O)CN1C(=O)c1cc(N)c(Cl)c(Cl)c1. The first-order valence-electron chi connectivity index (χ1n) is 6.05. The average molecular weight is 330 g/mol. The molecule has 1 aromatic rings. The summed E-state index contributed by atoms with van der Waals surface area (Å²) in [7, 11) is 0. The molecule has 0 aromatic heterocycles. The minimum Gasteiger partial charge on any atom is -0.397 e. The van der Waals surface area contributed by atoms with Gasteiger partial charge in [0.2, 0.25) is 5.91 Å². The molecule has 0 aliphatic carbocycles. The number of nitrogens with one attached hydrogen (secondary N) is 1. The molecule has 21 heavy (non-hydrogen) atoms. The third kappa shape index (κ3) is 2.69. The highest BCUT2D eigenvalue weighted by Crippen LogP contribution is 2.31. The second kappa shape index (κ2) is 5.20. The Kier molecular flexibility index (Phi) is 3.86. The predicted molar refractivity (Wildman–Crippen MR) is 79.1 cm³/mol. The van der Waals surface area contributed by atoms with E-state index in [-0.39, 0.29) is 27.8 Å². The van der Waals surface area contributed by atoms with Crippen molar-refractivity contribution in [1.29, 1.82) is 0 Å². The summed E-state index contributed by atoms with van der Waals surface area (Å²) in [4.78, 5) is 37.1. The fourth-order valence-electron chi connectivity index (χ4n) is 2.00. The second-order valence-corrected chi connectivity index (χ2v) is 5.97. The Bertz CT molecular complexity index is 635. The van der Waals surface area contributed by atoms with Crippen LogP contribution in [0.15, 0.2) is 12.1 Å². The normalized spacial score (nSPS) is 17.6. The molecule has 1 aliphatic heterocycles. The standard InChI is InChI=1S/C13H13Cl2N3O3/c1-13(2)12(21)17-9(19)5-18(13)11(20)6-3-7(14)10(15)8(16)4-6/h3-4H,5,16H2,1-2H3,(H,17,19,21). The molecular weight excluding hydrogens is 317 g/mol. The van der Waals surface area contributed by atoms with E-state index >= 15 is 0 Å². The van der Waals surface area contributed by atoms with Gasteiger partial charge in [0.1, 0.15) is 12.1 Å². The zero-order valence-corrected chi connectivity index (χ0v) is 12.9. The highest BCUT2D eigenvalue weighted by atomic mass is 35.5. The van der Waals surface area contributed by atoms with Gasteiger partial charge in [0.15, 0.2) is 0 Å². The fraction of sp³-hybridized carbons (Fsp3) is 0.308. The van der Waals surface area contributed by atoms with Crippen LogP contribution >= 0.6 is 23.2 Å². The first-order chi connectivity index (χ1) is 9.64. The molecule has 0 atom stereocenters. The highest BCUT2D eigenvalue weighted by molar-refractivity contribution is 6.43. The van der Waals surface area contributed by atoms with E-state index in [4.69, 9.17) is 28.9 Å². The number of nitrogens with two attached hydrogens (primary N) is 1. The Labute approximate surface area is 131 Å². The van der Waals surface area contributed by atoms with Gasteiger partial charge in [-0.3, -0.25) is 19.7 Å². The Balaban J connectivity index is 2.43. The van der Waals surface area contributed by atoms with Crippen LogP contribution in [0.25, 0.3) is 0 Å².